The third kappa shape index (κ3) is 7.13. The monoisotopic (exact) mass is 477 g/mol. The molecule has 0 unspecified atom stereocenters. The average Bonchev–Trinajstić information content (AvgIpc) is 2.83. The first-order valence-corrected chi connectivity index (χ1v) is 12.3. The predicted octanol–water partition coefficient (Wildman–Crippen LogP) is 6.56. The highest BCUT2D eigenvalue weighted by Gasteiger charge is 2.23. The van der Waals surface area contributed by atoms with E-state index in [2.05, 4.69) is 56.9 Å². The van der Waals surface area contributed by atoms with Crippen LogP contribution < -0.4 is 9.47 Å². The molecule has 4 nitrogen and oxygen atoms in total. The van der Waals surface area contributed by atoms with Crippen molar-refractivity contribution in [3.63, 3.8) is 0 Å². The fourth-order valence-corrected chi connectivity index (χ4v) is 4.52. The minimum Gasteiger partial charge on any atom is -0.417 e. The van der Waals surface area contributed by atoms with E-state index in [9.17, 15) is 5.11 Å². The molecule has 0 saturated heterocycles. The smallest absolute Gasteiger partial charge is 0.363 e. The fraction of sp³-hybridized carbons (Fsp3) is 0.345. The van der Waals surface area contributed by atoms with Gasteiger partial charge >= 0.3 is 5.24 Å². The van der Waals surface area contributed by atoms with Gasteiger partial charge in [0, 0.05) is 35.8 Å². The molecule has 0 aliphatic rings. The molecule has 0 spiro atoms. The highest BCUT2D eigenvalue weighted by Crippen LogP contribution is 2.36. The van der Waals surface area contributed by atoms with E-state index in [1.54, 1.807) is 0 Å². The zero-order chi connectivity index (χ0) is 24.5. The molecule has 180 valence electrons. The topological polar surface area (TPSA) is 41.9 Å². The number of benzene rings is 3. The Kier molecular flexibility index (Phi) is 9.63. The van der Waals surface area contributed by atoms with E-state index in [0.717, 1.165) is 24.1 Å². The van der Waals surface area contributed by atoms with Gasteiger partial charge in [-0.25, -0.2) is 0 Å². The van der Waals surface area contributed by atoms with Gasteiger partial charge < -0.3 is 14.6 Å². The van der Waals surface area contributed by atoms with Crippen LogP contribution in [0.15, 0.2) is 78.9 Å². The highest BCUT2D eigenvalue weighted by molar-refractivity contribution is 7.79. The van der Waals surface area contributed by atoms with Crippen molar-refractivity contribution in [3.8, 4) is 11.5 Å². The lowest BCUT2D eigenvalue weighted by Gasteiger charge is -2.32. The molecule has 0 radical (unpaired) electrons. The largest absolute Gasteiger partial charge is 0.417 e. The number of thiocarbonyl (C=S) groups is 1. The van der Waals surface area contributed by atoms with Gasteiger partial charge in [0.05, 0.1) is 6.61 Å². The van der Waals surface area contributed by atoms with Crippen LogP contribution in [-0.2, 0) is 6.61 Å². The summed E-state index contributed by atoms with van der Waals surface area (Å²) in [5.74, 6) is 1.35. The molecule has 0 bridgehead atoms. The van der Waals surface area contributed by atoms with Gasteiger partial charge in [0.2, 0.25) is 0 Å². The maximum Gasteiger partial charge on any atom is 0.363 e. The van der Waals surface area contributed by atoms with Gasteiger partial charge in [-0.15, -0.1) is 0 Å². The first-order chi connectivity index (χ1) is 16.4. The van der Waals surface area contributed by atoms with Gasteiger partial charge in [-0.05, 0) is 76.1 Å². The standard InChI is InChI=1S/C29H35NO3S/c1-21(2)30(22(3)4)18-17-26(24-11-7-5-8-12-24)27-19-23(20-31)15-16-28(27)33-29(34)32-25-13-9-6-10-14-25/h5-16,19,21-22,26,31H,17-18,20H2,1-4H3/t26-/m1/s1. The van der Waals surface area contributed by atoms with Gasteiger partial charge in [-0.1, -0.05) is 54.6 Å². The number of hydrogen-bond acceptors (Lipinski definition) is 5. The van der Waals surface area contributed by atoms with E-state index in [1.807, 2.05) is 54.6 Å². The quantitative estimate of drug-likeness (QED) is 0.335. The molecule has 3 aromatic rings. The highest BCUT2D eigenvalue weighted by atomic mass is 32.1. The number of hydrogen-bond donors (Lipinski definition) is 1. The predicted molar refractivity (Wildman–Crippen MR) is 143 cm³/mol. The lowest BCUT2D eigenvalue weighted by atomic mass is 9.86. The summed E-state index contributed by atoms with van der Waals surface area (Å²) in [6.07, 6.45) is 0.901. The molecular formula is C29H35NO3S. The maximum absolute atomic E-state index is 9.85. The minimum atomic E-state index is -0.0378. The van der Waals surface area contributed by atoms with Crippen LogP contribution in [0.25, 0.3) is 0 Å². The van der Waals surface area contributed by atoms with Gasteiger partial charge in [0.15, 0.2) is 0 Å². The van der Waals surface area contributed by atoms with E-state index < -0.39 is 0 Å². The maximum atomic E-state index is 9.85. The molecule has 0 aliphatic heterocycles. The van der Waals surface area contributed by atoms with Gasteiger partial charge in [-0.3, -0.25) is 4.90 Å². The number of aliphatic hydroxyl groups excluding tert-OH is 1. The number of ether oxygens (including phenoxy) is 2. The van der Waals surface area contributed by atoms with Crippen LogP contribution in [0.5, 0.6) is 11.5 Å². The minimum absolute atomic E-state index is 0.0378. The fourth-order valence-electron chi connectivity index (χ4n) is 4.33. The van der Waals surface area contributed by atoms with Crippen LogP contribution in [0, 0.1) is 0 Å². The van der Waals surface area contributed by atoms with Gasteiger partial charge in [0.1, 0.15) is 11.5 Å². The molecule has 0 aliphatic carbocycles. The number of para-hydroxylation sites is 1. The van der Waals surface area contributed by atoms with Crippen LogP contribution in [0.4, 0.5) is 0 Å². The third-order valence-corrected chi connectivity index (χ3v) is 6.14. The molecule has 0 aromatic heterocycles. The molecule has 5 heteroatoms. The second-order valence-corrected chi connectivity index (χ2v) is 9.31. The van der Waals surface area contributed by atoms with Crippen LogP contribution >= 0.6 is 12.2 Å². The zero-order valence-electron chi connectivity index (χ0n) is 20.5. The van der Waals surface area contributed by atoms with Crippen LogP contribution in [0.3, 0.4) is 0 Å². The van der Waals surface area contributed by atoms with Crippen molar-refractivity contribution < 1.29 is 14.6 Å². The number of nitrogens with zero attached hydrogens (tertiary/aromatic N) is 1. The Morgan fingerprint density at radius 1 is 0.853 bits per heavy atom. The second kappa shape index (κ2) is 12.7. The third-order valence-electron chi connectivity index (χ3n) is 5.97. The Hall–Kier alpha value is -2.73. The normalized spacial score (nSPS) is 12.2. The number of aliphatic hydroxyl groups is 1. The van der Waals surface area contributed by atoms with E-state index in [1.165, 1.54) is 5.56 Å². The van der Waals surface area contributed by atoms with E-state index in [4.69, 9.17) is 21.7 Å². The Bertz CT molecular complexity index is 1030. The first-order valence-electron chi connectivity index (χ1n) is 11.9. The Morgan fingerprint density at radius 3 is 2.06 bits per heavy atom. The average molecular weight is 478 g/mol. The van der Waals surface area contributed by atoms with Crippen molar-refractivity contribution >= 4 is 17.5 Å². The summed E-state index contributed by atoms with van der Waals surface area (Å²) in [5.41, 5.74) is 3.02. The SMILES string of the molecule is CC(C)N(CC[C@H](c1ccccc1)c1cc(CO)ccc1OC(=S)Oc1ccccc1)C(C)C. The molecule has 0 fully saturated rings. The molecule has 1 atom stereocenters. The molecule has 3 aromatic carbocycles. The van der Waals surface area contributed by atoms with Crippen LogP contribution in [0.1, 0.15) is 56.7 Å². The Labute approximate surface area is 209 Å². The first kappa shape index (κ1) is 25.9. The summed E-state index contributed by atoms with van der Waals surface area (Å²) in [7, 11) is 0. The van der Waals surface area contributed by atoms with Gasteiger partial charge in [-0.2, -0.15) is 0 Å². The van der Waals surface area contributed by atoms with Crippen LogP contribution in [-0.4, -0.2) is 33.9 Å². The summed E-state index contributed by atoms with van der Waals surface area (Å²) in [6, 6.07) is 26.5. The van der Waals surface area contributed by atoms with E-state index in [-0.39, 0.29) is 17.8 Å². The summed E-state index contributed by atoms with van der Waals surface area (Å²) in [4.78, 5) is 2.50. The Morgan fingerprint density at radius 2 is 1.47 bits per heavy atom. The van der Waals surface area contributed by atoms with Crippen molar-refractivity contribution in [2.75, 3.05) is 6.54 Å². The number of rotatable bonds is 10. The second-order valence-electron chi connectivity index (χ2n) is 8.97. The summed E-state index contributed by atoms with van der Waals surface area (Å²) in [5, 5.41) is 9.89. The van der Waals surface area contributed by atoms with E-state index >= 15 is 0 Å². The van der Waals surface area contributed by atoms with Crippen molar-refractivity contribution in [2.45, 2.75) is 58.7 Å². The lowest BCUT2D eigenvalue weighted by molar-refractivity contribution is 0.170. The molecule has 0 heterocycles. The molecule has 34 heavy (non-hydrogen) atoms. The lowest BCUT2D eigenvalue weighted by Crippen LogP contribution is -2.38. The summed E-state index contributed by atoms with van der Waals surface area (Å²) in [6.45, 7) is 9.83. The molecule has 3 rings (SSSR count). The molecular weight excluding hydrogens is 442 g/mol. The van der Waals surface area contributed by atoms with Crippen molar-refractivity contribution in [1.82, 2.24) is 4.90 Å². The zero-order valence-corrected chi connectivity index (χ0v) is 21.3. The van der Waals surface area contributed by atoms with Gasteiger partial charge in [0.25, 0.3) is 0 Å². The van der Waals surface area contributed by atoms with Crippen LogP contribution in [0.2, 0.25) is 0 Å². The molecule has 0 amide bonds. The molecule has 0 saturated carbocycles. The van der Waals surface area contributed by atoms with Crippen molar-refractivity contribution in [1.29, 1.82) is 0 Å². The van der Waals surface area contributed by atoms with Crippen molar-refractivity contribution in [2.24, 2.45) is 0 Å². The van der Waals surface area contributed by atoms with E-state index in [0.29, 0.717) is 23.6 Å². The summed E-state index contributed by atoms with van der Waals surface area (Å²) < 4.78 is 11.8. The Balaban J connectivity index is 1.94. The summed E-state index contributed by atoms with van der Waals surface area (Å²) >= 11 is 5.41. The molecule has 1 N–H and O–H groups in total. The van der Waals surface area contributed by atoms with Crippen molar-refractivity contribution in [3.05, 3.63) is 95.6 Å².